The van der Waals surface area contributed by atoms with E-state index >= 15 is 0 Å². The molecule has 0 amide bonds. The minimum absolute atomic E-state index is 0.00353. The van der Waals surface area contributed by atoms with E-state index in [1.807, 2.05) is 51.1 Å². The van der Waals surface area contributed by atoms with E-state index in [0.29, 0.717) is 12.0 Å². The molecule has 3 aromatic rings. The lowest BCUT2D eigenvalue weighted by atomic mass is 10.2. The van der Waals surface area contributed by atoms with Gasteiger partial charge in [-0.05, 0) is 57.2 Å². The molecule has 124 valence electrons. The third-order valence-corrected chi connectivity index (χ3v) is 4.26. The van der Waals surface area contributed by atoms with Crippen molar-refractivity contribution in [2.45, 2.75) is 20.8 Å². The number of ether oxygens (including phenoxy) is 2. The van der Waals surface area contributed by atoms with Crippen molar-refractivity contribution in [1.82, 2.24) is 4.57 Å². The molecule has 0 aliphatic carbocycles. The van der Waals surface area contributed by atoms with Gasteiger partial charge < -0.3 is 14.0 Å². The van der Waals surface area contributed by atoms with E-state index in [4.69, 9.17) is 9.47 Å². The maximum absolute atomic E-state index is 12.6. The summed E-state index contributed by atoms with van der Waals surface area (Å²) in [5, 5.41) is 1.58. The molecule has 0 radical (unpaired) electrons. The summed E-state index contributed by atoms with van der Waals surface area (Å²) in [6.07, 6.45) is 0. The van der Waals surface area contributed by atoms with Crippen molar-refractivity contribution in [3.8, 4) is 17.2 Å². The highest BCUT2D eigenvalue weighted by Gasteiger charge is 2.17. The van der Waals surface area contributed by atoms with Gasteiger partial charge in [0.05, 0.1) is 19.1 Å². The summed E-state index contributed by atoms with van der Waals surface area (Å²) in [6.45, 7) is 6.48. The molecule has 1 aromatic heterocycles. The molecule has 1 heterocycles. The molecule has 0 unspecified atom stereocenters. The fourth-order valence-corrected chi connectivity index (χ4v) is 3.22. The Balaban J connectivity index is 2.36. The molecule has 3 rings (SSSR count). The minimum Gasteiger partial charge on any atom is -0.497 e. The number of aryl methyl sites for hydroxylation is 2. The predicted octanol–water partition coefficient (Wildman–Crippen LogP) is 4.01. The van der Waals surface area contributed by atoms with E-state index in [1.165, 1.54) is 0 Å². The zero-order chi connectivity index (χ0) is 17.3. The summed E-state index contributed by atoms with van der Waals surface area (Å²) in [5.74, 6) is 1.54. The third-order valence-electron chi connectivity index (χ3n) is 4.26. The number of fused-ring (bicyclic) bond motifs is 1. The van der Waals surface area contributed by atoms with Gasteiger partial charge in [-0.15, -0.1) is 0 Å². The van der Waals surface area contributed by atoms with Gasteiger partial charge in [0, 0.05) is 22.5 Å². The van der Waals surface area contributed by atoms with Gasteiger partial charge in [-0.2, -0.15) is 0 Å². The van der Waals surface area contributed by atoms with Gasteiger partial charge in [-0.25, -0.2) is 0 Å². The third kappa shape index (κ3) is 2.54. The molecular weight excluding hydrogens is 302 g/mol. The van der Waals surface area contributed by atoms with Crippen LogP contribution < -0.4 is 14.9 Å². The molecule has 0 spiro atoms. The van der Waals surface area contributed by atoms with Crippen molar-refractivity contribution in [3.63, 3.8) is 0 Å². The van der Waals surface area contributed by atoms with Crippen LogP contribution in [0.2, 0.25) is 0 Å². The van der Waals surface area contributed by atoms with Crippen LogP contribution in [-0.2, 0) is 0 Å². The lowest BCUT2D eigenvalue weighted by Crippen LogP contribution is -2.01. The van der Waals surface area contributed by atoms with Crippen LogP contribution >= 0.6 is 0 Å². The van der Waals surface area contributed by atoms with Gasteiger partial charge in [0.15, 0.2) is 5.43 Å². The summed E-state index contributed by atoms with van der Waals surface area (Å²) in [6, 6.07) is 13.0. The molecule has 0 saturated heterocycles. The zero-order valence-electron chi connectivity index (χ0n) is 14.4. The number of aromatic nitrogens is 1. The van der Waals surface area contributed by atoms with Crippen molar-refractivity contribution in [2.75, 3.05) is 13.7 Å². The Morgan fingerprint density at radius 3 is 2.25 bits per heavy atom. The molecule has 4 heteroatoms. The molecule has 24 heavy (non-hydrogen) atoms. The molecule has 0 aliphatic rings. The number of hydrogen-bond donors (Lipinski definition) is 0. The standard InChI is InChI=1S/C20H21NO3/c1-5-24-18-8-6-7-17(22)19-13(2)21(14(3)20(18)19)15-9-11-16(23-4)12-10-15/h6-12H,5H2,1-4H3. The van der Waals surface area contributed by atoms with E-state index in [9.17, 15) is 4.79 Å². The van der Waals surface area contributed by atoms with Crippen LogP contribution in [0, 0.1) is 13.8 Å². The van der Waals surface area contributed by atoms with Gasteiger partial charge in [-0.1, -0.05) is 6.07 Å². The minimum atomic E-state index is 0.00353. The summed E-state index contributed by atoms with van der Waals surface area (Å²) < 4.78 is 13.1. The largest absolute Gasteiger partial charge is 0.497 e. The topological polar surface area (TPSA) is 40.5 Å². The number of hydrogen-bond acceptors (Lipinski definition) is 3. The first-order valence-corrected chi connectivity index (χ1v) is 8.00. The number of benzene rings is 1. The van der Waals surface area contributed by atoms with Crippen LogP contribution in [0.25, 0.3) is 16.5 Å². The van der Waals surface area contributed by atoms with E-state index < -0.39 is 0 Å². The molecule has 2 aromatic carbocycles. The number of nitrogens with zero attached hydrogens (tertiary/aromatic N) is 1. The quantitative estimate of drug-likeness (QED) is 0.728. The SMILES string of the molecule is CCOc1cccc(=O)c2c(C)n(-c3ccc(OC)cc3)c(C)c12. The van der Waals surface area contributed by atoms with Crippen LogP contribution in [0.5, 0.6) is 11.5 Å². The van der Waals surface area contributed by atoms with Crippen molar-refractivity contribution in [1.29, 1.82) is 0 Å². The van der Waals surface area contributed by atoms with Crippen LogP contribution in [0.4, 0.5) is 0 Å². The molecule has 0 aliphatic heterocycles. The van der Waals surface area contributed by atoms with Gasteiger partial charge in [0.1, 0.15) is 11.5 Å². The second-order valence-electron chi connectivity index (χ2n) is 5.64. The lowest BCUT2D eigenvalue weighted by Gasteiger charge is -2.10. The molecule has 0 fully saturated rings. The monoisotopic (exact) mass is 323 g/mol. The first-order chi connectivity index (χ1) is 11.6. The Morgan fingerprint density at radius 2 is 1.62 bits per heavy atom. The Bertz CT molecular complexity index is 940. The van der Waals surface area contributed by atoms with E-state index in [1.54, 1.807) is 19.2 Å². The van der Waals surface area contributed by atoms with Crippen molar-refractivity contribution in [3.05, 3.63) is 64.1 Å². The van der Waals surface area contributed by atoms with Crippen molar-refractivity contribution >= 4 is 10.8 Å². The normalized spacial score (nSPS) is 10.8. The fourth-order valence-electron chi connectivity index (χ4n) is 3.22. The molecule has 0 bridgehead atoms. The predicted molar refractivity (Wildman–Crippen MR) is 96.7 cm³/mol. The first kappa shape index (κ1) is 16.1. The summed E-state index contributed by atoms with van der Waals surface area (Å²) in [4.78, 5) is 12.6. The highest BCUT2D eigenvalue weighted by Crippen LogP contribution is 2.33. The van der Waals surface area contributed by atoms with Crippen molar-refractivity contribution < 1.29 is 9.47 Å². The van der Waals surface area contributed by atoms with Crippen LogP contribution in [-0.4, -0.2) is 18.3 Å². The average Bonchev–Trinajstić information content (AvgIpc) is 2.73. The number of methoxy groups -OCH3 is 1. The maximum atomic E-state index is 12.6. The zero-order valence-corrected chi connectivity index (χ0v) is 14.4. The lowest BCUT2D eigenvalue weighted by molar-refractivity contribution is 0.344. The highest BCUT2D eigenvalue weighted by atomic mass is 16.5. The Morgan fingerprint density at radius 1 is 0.958 bits per heavy atom. The average molecular weight is 323 g/mol. The Kier molecular flexibility index (Phi) is 4.30. The van der Waals surface area contributed by atoms with Gasteiger partial charge in [0.2, 0.25) is 0 Å². The van der Waals surface area contributed by atoms with Crippen LogP contribution in [0.1, 0.15) is 18.3 Å². The second-order valence-corrected chi connectivity index (χ2v) is 5.64. The van der Waals surface area contributed by atoms with E-state index in [-0.39, 0.29) is 5.43 Å². The summed E-state index contributed by atoms with van der Waals surface area (Å²) in [7, 11) is 1.65. The van der Waals surface area contributed by atoms with Gasteiger partial charge >= 0.3 is 0 Å². The summed E-state index contributed by atoms with van der Waals surface area (Å²) >= 11 is 0. The molecule has 0 saturated carbocycles. The molecule has 0 atom stereocenters. The molecular formula is C20H21NO3. The van der Waals surface area contributed by atoms with Gasteiger partial charge in [-0.3, -0.25) is 4.79 Å². The van der Waals surface area contributed by atoms with E-state index in [0.717, 1.165) is 34.0 Å². The smallest absolute Gasteiger partial charge is 0.188 e. The maximum Gasteiger partial charge on any atom is 0.188 e. The van der Waals surface area contributed by atoms with Crippen molar-refractivity contribution in [2.24, 2.45) is 0 Å². The van der Waals surface area contributed by atoms with Gasteiger partial charge in [0.25, 0.3) is 0 Å². The van der Waals surface area contributed by atoms with Crippen LogP contribution in [0.15, 0.2) is 47.3 Å². The summed E-state index contributed by atoms with van der Waals surface area (Å²) in [5.41, 5.74) is 2.90. The van der Waals surface area contributed by atoms with E-state index in [2.05, 4.69) is 4.57 Å². The molecule has 0 N–H and O–H groups in total. The Hall–Kier alpha value is -2.75. The second kappa shape index (κ2) is 6.40. The Labute approximate surface area is 141 Å². The number of rotatable bonds is 4. The highest BCUT2D eigenvalue weighted by molar-refractivity contribution is 5.93. The van der Waals surface area contributed by atoms with Crippen LogP contribution in [0.3, 0.4) is 0 Å². The first-order valence-electron chi connectivity index (χ1n) is 8.00. The fraction of sp³-hybridized carbons (Fsp3) is 0.250. The molecule has 4 nitrogen and oxygen atoms in total.